The monoisotopic (exact) mass is 314 g/mol. The Hall–Kier alpha value is -1.07. The fraction of sp³-hybridized carbons (Fsp3) is 0.0833. The Morgan fingerprint density at radius 3 is 2.59 bits per heavy atom. The summed E-state index contributed by atoms with van der Waals surface area (Å²) in [4.78, 5) is 12.6. The highest BCUT2D eigenvalue weighted by Crippen LogP contribution is 2.23. The van der Waals surface area contributed by atoms with Crippen molar-refractivity contribution in [2.45, 2.75) is 4.90 Å². The van der Waals surface area contributed by atoms with E-state index in [2.05, 4.69) is 15.9 Å². The van der Waals surface area contributed by atoms with Crippen molar-refractivity contribution >= 4 is 33.5 Å². The van der Waals surface area contributed by atoms with Gasteiger partial charge in [-0.2, -0.15) is 0 Å². The highest BCUT2D eigenvalue weighted by Gasteiger charge is 2.13. The minimum atomic E-state index is -0.283. The molecule has 0 unspecified atom stereocenters. The van der Waals surface area contributed by atoms with Crippen LogP contribution in [0.25, 0.3) is 0 Å². The standard InChI is InChI=1S/C12H8BrFO2S/c13-10-5-6-16-12(10)11(15)7-17-9-3-1-8(14)2-4-9/h1-6H,7H2. The summed E-state index contributed by atoms with van der Waals surface area (Å²) in [7, 11) is 0. The van der Waals surface area contributed by atoms with Crippen molar-refractivity contribution in [3.63, 3.8) is 0 Å². The first-order valence-electron chi connectivity index (χ1n) is 4.81. The van der Waals surface area contributed by atoms with Gasteiger partial charge in [-0.05, 0) is 46.3 Å². The number of hydrogen-bond acceptors (Lipinski definition) is 3. The zero-order valence-electron chi connectivity index (χ0n) is 8.65. The van der Waals surface area contributed by atoms with Crippen LogP contribution in [0.4, 0.5) is 4.39 Å². The summed E-state index contributed by atoms with van der Waals surface area (Å²) >= 11 is 4.58. The van der Waals surface area contributed by atoms with Gasteiger partial charge < -0.3 is 4.42 Å². The van der Waals surface area contributed by atoms with Gasteiger partial charge in [0.2, 0.25) is 5.78 Å². The van der Waals surface area contributed by atoms with Crippen LogP contribution in [-0.2, 0) is 0 Å². The number of furan rings is 1. The molecule has 0 aliphatic carbocycles. The van der Waals surface area contributed by atoms with Crippen LogP contribution in [-0.4, -0.2) is 11.5 Å². The zero-order valence-corrected chi connectivity index (χ0v) is 11.1. The van der Waals surface area contributed by atoms with Crippen molar-refractivity contribution in [1.82, 2.24) is 0 Å². The molecule has 0 aliphatic rings. The van der Waals surface area contributed by atoms with Crippen LogP contribution in [0.5, 0.6) is 0 Å². The minimum Gasteiger partial charge on any atom is -0.460 e. The third kappa shape index (κ3) is 3.20. The van der Waals surface area contributed by atoms with E-state index >= 15 is 0 Å². The van der Waals surface area contributed by atoms with Crippen molar-refractivity contribution in [2.24, 2.45) is 0 Å². The van der Waals surface area contributed by atoms with Gasteiger partial charge in [0.25, 0.3) is 0 Å². The third-order valence-corrected chi connectivity index (χ3v) is 3.69. The lowest BCUT2D eigenvalue weighted by Gasteiger charge is -2.00. The first-order chi connectivity index (χ1) is 8.16. The number of rotatable bonds is 4. The molecule has 0 bridgehead atoms. The van der Waals surface area contributed by atoms with Crippen LogP contribution in [0.1, 0.15) is 10.6 Å². The normalized spacial score (nSPS) is 10.5. The highest BCUT2D eigenvalue weighted by atomic mass is 79.9. The third-order valence-electron chi connectivity index (χ3n) is 2.05. The lowest BCUT2D eigenvalue weighted by atomic mass is 10.3. The summed E-state index contributed by atoms with van der Waals surface area (Å²) in [5, 5.41) is 0. The average Bonchev–Trinajstić information content (AvgIpc) is 2.74. The molecular formula is C12H8BrFO2S. The van der Waals surface area contributed by atoms with Crippen molar-refractivity contribution < 1.29 is 13.6 Å². The van der Waals surface area contributed by atoms with Crippen LogP contribution >= 0.6 is 27.7 Å². The topological polar surface area (TPSA) is 30.2 Å². The molecule has 1 aromatic carbocycles. The largest absolute Gasteiger partial charge is 0.460 e. The molecule has 1 aromatic heterocycles. The number of carbonyl (C=O) groups excluding carboxylic acids is 1. The molecule has 88 valence electrons. The van der Waals surface area contributed by atoms with Gasteiger partial charge in [0.05, 0.1) is 16.5 Å². The molecule has 0 saturated heterocycles. The van der Waals surface area contributed by atoms with E-state index in [9.17, 15) is 9.18 Å². The molecule has 0 fully saturated rings. The Labute approximate surface area is 110 Å². The zero-order chi connectivity index (χ0) is 12.3. The van der Waals surface area contributed by atoms with E-state index in [-0.39, 0.29) is 17.4 Å². The maximum Gasteiger partial charge on any atom is 0.209 e. The number of thioether (sulfide) groups is 1. The van der Waals surface area contributed by atoms with Gasteiger partial charge in [-0.1, -0.05) is 0 Å². The number of ketones is 1. The smallest absolute Gasteiger partial charge is 0.209 e. The summed E-state index contributed by atoms with van der Waals surface area (Å²) < 4.78 is 18.4. The Kier molecular flexibility index (Phi) is 4.02. The van der Waals surface area contributed by atoms with E-state index in [0.29, 0.717) is 10.2 Å². The maximum atomic E-state index is 12.7. The van der Waals surface area contributed by atoms with Gasteiger partial charge in [0, 0.05) is 4.90 Å². The predicted octanol–water partition coefficient (Wildman–Crippen LogP) is 4.16. The summed E-state index contributed by atoms with van der Waals surface area (Å²) in [5.74, 6) is 0.197. The quantitative estimate of drug-likeness (QED) is 0.627. The van der Waals surface area contributed by atoms with Gasteiger partial charge in [-0.3, -0.25) is 4.79 Å². The number of Topliss-reactive ketones (excluding diaryl/α,β-unsaturated/α-hetero) is 1. The molecule has 5 heteroatoms. The molecule has 0 radical (unpaired) electrons. The summed E-state index contributed by atoms with van der Waals surface area (Å²) in [6.45, 7) is 0. The summed E-state index contributed by atoms with van der Waals surface area (Å²) in [6, 6.07) is 7.70. The van der Waals surface area contributed by atoms with E-state index < -0.39 is 0 Å². The Morgan fingerprint density at radius 2 is 2.00 bits per heavy atom. The van der Waals surface area contributed by atoms with Crippen LogP contribution in [0.3, 0.4) is 0 Å². The number of halogens is 2. The van der Waals surface area contributed by atoms with Gasteiger partial charge in [0.1, 0.15) is 5.82 Å². The van der Waals surface area contributed by atoms with Crippen molar-refractivity contribution in [1.29, 1.82) is 0 Å². The van der Waals surface area contributed by atoms with Crippen molar-refractivity contribution in [3.05, 3.63) is 52.6 Å². The highest BCUT2D eigenvalue weighted by molar-refractivity contribution is 9.10. The Balaban J connectivity index is 1.97. The van der Waals surface area contributed by atoms with Crippen molar-refractivity contribution in [3.8, 4) is 0 Å². The lowest BCUT2D eigenvalue weighted by molar-refractivity contribution is 0.0991. The minimum absolute atomic E-state index is 0.101. The molecule has 2 rings (SSSR count). The van der Waals surface area contributed by atoms with Crippen LogP contribution < -0.4 is 0 Å². The number of hydrogen-bond donors (Lipinski definition) is 0. The van der Waals surface area contributed by atoms with Crippen LogP contribution in [0.2, 0.25) is 0 Å². The summed E-state index contributed by atoms with van der Waals surface area (Å²) in [5.41, 5.74) is 0. The van der Waals surface area contributed by atoms with Crippen LogP contribution in [0.15, 0.2) is 50.4 Å². The van der Waals surface area contributed by atoms with Gasteiger partial charge >= 0.3 is 0 Å². The number of benzene rings is 1. The first-order valence-corrected chi connectivity index (χ1v) is 6.59. The molecule has 0 atom stereocenters. The summed E-state index contributed by atoms with van der Waals surface area (Å²) in [6.07, 6.45) is 1.46. The Morgan fingerprint density at radius 1 is 1.29 bits per heavy atom. The van der Waals surface area contributed by atoms with Gasteiger partial charge in [0.15, 0.2) is 5.76 Å². The first kappa shape index (κ1) is 12.4. The Bertz CT molecular complexity index is 522. The maximum absolute atomic E-state index is 12.7. The second kappa shape index (κ2) is 5.51. The fourth-order valence-corrected chi connectivity index (χ4v) is 2.42. The SMILES string of the molecule is O=C(CSc1ccc(F)cc1)c1occc1Br. The lowest BCUT2D eigenvalue weighted by Crippen LogP contribution is -2.01. The molecule has 17 heavy (non-hydrogen) atoms. The molecule has 1 heterocycles. The molecule has 2 nitrogen and oxygen atoms in total. The fourth-order valence-electron chi connectivity index (χ4n) is 1.24. The second-order valence-electron chi connectivity index (χ2n) is 3.26. The van der Waals surface area contributed by atoms with Crippen LogP contribution in [0, 0.1) is 5.82 Å². The van der Waals surface area contributed by atoms with Crippen molar-refractivity contribution in [2.75, 3.05) is 5.75 Å². The average molecular weight is 315 g/mol. The molecule has 0 aliphatic heterocycles. The number of carbonyl (C=O) groups is 1. The molecular weight excluding hydrogens is 307 g/mol. The second-order valence-corrected chi connectivity index (χ2v) is 5.17. The molecule has 2 aromatic rings. The molecule has 0 N–H and O–H groups in total. The van der Waals surface area contributed by atoms with Gasteiger partial charge in [-0.15, -0.1) is 11.8 Å². The van der Waals surface area contributed by atoms with E-state index in [4.69, 9.17) is 4.42 Å². The van der Waals surface area contributed by atoms with E-state index in [1.165, 1.54) is 30.2 Å². The molecule has 0 spiro atoms. The molecule has 0 saturated carbocycles. The van der Waals surface area contributed by atoms with E-state index in [1.807, 2.05) is 0 Å². The van der Waals surface area contributed by atoms with Gasteiger partial charge in [-0.25, -0.2) is 4.39 Å². The van der Waals surface area contributed by atoms with E-state index in [0.717, 1.165) is 4.90 Å². The van der Waals surface area contributed by atoms with E-state index in [1.54, 1.807) is 18.2 Å². The molecule has 0 amide bonds. The predicted molar refractivity (Wildman–Crippen MR) is 67.9 cm³/mol.